The predicted octanol–water partition coefficient (Wildman–Crippen LogP) is 4.32. The molecule has 0 unspecified atom stereocenters. The molecule has 1 amide bonds. The van der Waals surface area contributed by atoms with E-state index >= 15 is 0 Å². The molecule has 0 saturated heterocycles. The van der Waals surface area contributed by atoms with Crippen molar-refractivity contribution in [1.29, 1.82) is 0 Å². The fourth-order valence-corrected chi connectivity index (χ4v) is 4.05. The zero-order valence-electron chi connectivity index (χ0n) is 15.6. The minimum atomic E-state index is 0.0655. The number of hydrogen-bond donors (Lipinski definition) is 3. The molecule has 1 atom stereocenters. The number of carbonyl (C=O) groups is 1. The maximum atomic E-state index is 12.8. The Bertz CT molecular complexity index is 924. The molecule has 0 radical (unpaired) electrons. The molecule has 0 spiro atoms. The van der Waals surface area contributed by atoms with Crippen molar-refractivity contribution in [3.05, 3.63) is 48.7 Å². The van der Waals surface area contributed by atoms with Crippen molar-refractivity contribution in [2.24, 2.45) is 17.6 Å². The van der Waals surface area contributed by atoms with Crippen LogP contribution in [0.4, 0.5) is 5.69 Å². The fraction of sp³-hybridized carbons (Fsp3) is 0.364. The van der Waals surface area contributed by atoms with Crippen LogP contribution in [0.25, 0.3) is 22.3 Å². The summed E-state index contributed by atoms with van der Waals surface area (Å²) in [5, 5.41) is 4.07. The zero-order valence-corrected chi connectivity index (χ0v) is 15.6. The number of carbonyl (C=O) groups excluding carboxylic acids is 1. The Morgan fingerprint density at radius 1 is 1.19 bits per heavy atom. The Morgan fingerprint density at radius 2 is 1.93 bits per heavy atom. The van der Waals surface area contributed by atoms with Crippen LogP contribution in [0.2, 0.25) is 0 Å². The summed E-state index contributed by atoms with van der Waals surface area (Å²) in [6, 6.07) is 14.3. The quantitative estimate of drug-likeness (QED) is 0.646. The lowest BCUT2D eigenvalue weighted by Crippen LogP contribution is -2.33. The molecular weight excluding hydrogens is 336 g/mol. The molecule has 0 aliphatic heterocycles. The highest BCUT2D eigenvalue weighted by Crippen LogP contribution is 2.32. The van der Waals surface area contributed by atoms with Gasteiger partial charge in [-0.05, 0) is 56.2 Å². The molecule has 1 fully saturated rings. The second-order valence-electron chi connectivity index (χ2n) is 7.63. The van der Waals surface area contributed by atoms with E-state index in [0.29, 0.717) is 5.92 Å². The molecule has 5 heteroatoms. The monoisotopic (exact) mass is 362 g/mol. The topological polar surface area (TPSA) is 83.8 Å². The summed E-state index contributed by atoms with van der Waals surface area (Å²) >= 11 is 0. The van der Waals surface area contributed by atoms with Gasteiger partial charge < -0.3 is 16.0 Å². The Kier molecular flexibility index (Phi) is 4.94. The number of pyridine rings is 1. The molecule has 140 valence electrons. The van der Waals surface area contributed by atoms with Gasteiger partial charge in [0.05, 0.1) is 5.69 Å². The lowest BCUT2D eigenvalue weighted by atomic mass is 9.79. The number of nitrogens with one attached hydrogen (secondary N) is 2. The van der Waals surface area contributed by atoms with Gasteiger partial charge in [0.15, 0.2) is 0 Å². The van der Waals surface area contributed by atoms with E-state index in [1.807, 2.05) is 24.3 Å². The van der Waals surface area contributed by atoms with E-state index < -0.39 is 0 Å². The molecule has 1 aliphatic rings. The van der Waals surface area contributed by atoms with Gasteiger partial charge in [-0.3, -0.25) is 4.79 Å². The van der Waals surface area contributed by atoms with Gasteiger partial charge in [-0.2, -0.15) is 0 Å². The van der Waals surface area contributed by atoms with Gasteiger partial charge in [0.1, 0.15) is 5.65 Å². The smallest absolute Gasteiger partial charge is 0.227 e. The lowest BCUT2D eigenvalue weighted by Gasteiger charge is -2.30. The number of amides is 1. The van der Waals surface area contributed by atoms with Crippen LogP contribution in [0.5, 0.6) is 0 Å². The van der Waals surface area contributed by atoms with Gasteiger partial charge in [-0.1, -0.05) is 30.3 Å². The minimum absolute atomic E-state index is 0.0655. The molecule has 2 aromatic heterocycles. The van der Waals surface area contributed by atoms with Crippen molar-refractivity contribution in [3.63, 3.8) is 0 Å². The Balaban J connectivity index is 1.52. The van der Waals surface area contributed by atoms with E-state index in [4.69, 9.17) is 5.73 Å². The van der Waals surface area contributed by atoms with Gasteiger partial charge in [0.2, 0.25) is 5.91 Å². The van der Waals surface area contributed by atoms with Crippen LogP contribution < -0.4 is 11.1 Å². The summed E-state index contributed by atoms with van der Waals surface area (Å²) in [6.45, 7) is 2.06. The molecule has 2 heterocycles. The highest BCUT2D eigenvalue weighted by molar-refractivity contribution is 6.02. The third kappa shape index (κ3) is 3.74. The number of rotatable bonds is 4. The largest absolute Gasteiger partial charge is 0.339 e. The van der Waals surface area contributed by atoms with Crippen molar-refractivity contribution >= 4 is 22.6 Å². The normalized spacial score (nSPS) is 21.1. The number of H-pyrrole nitrogens is 1. The van der Waals surface area contributed by atoms with Gasteiger partial charge in [-0.15, -0.1) is 0 Å². The first-order valence-corrected chi connectivity index (χ1v) is 9.71. The summed E-state index contributed by atoms with van der Waals surface area (Å²) < 4.78 is 0. The average molecular weight is 362 g/mol. The summed E-state index contributed by atoms with van der Waals surface area (Å²) in [7, 11) is 0. The van der Waals surface area contributed by atoms with E-state index in [1.165, 1.54) is 0 Å². The molecule has 27 heavy (non-hydrogen) atoms. The molecule has 1 aromatic carbocycles. The van der Waals surface area contributed by atoms with Crippen LogP contribution in [0.15, 0.2) is 48.7 Å². The first kappa shape index (κ1) is 17.7. The number of nitrogens with zero attached hydrogens (tertiary/aromatic N) is 1. The van der Waals surface area contributed by atoms with Crippen LogP contribution in [0, 0.1) is 11.8 Å². The number of benzene rings is 1. The summed E-state index contributed by atoms with van der Waals surface area (Å²) in [6.07, 6.45) is 5.62. The van der Waals surface area contributed by atoms with Crippen molar-refractivity contribution in [3.8, 4) is 11.3 Å². The Morgan fingerprint density at radius 3 is 2.63 bits per heavy atom. The number of anilines is 1. The van der Waals surface area contributed by atoms with Crippen LogP contribution in [-0.4, -0.2) is 21.9 Å². The SMILES string of the molecule is C[C@@H](N)[C@H]1CC[C@H](C(=O)Nc2ccnc3[nH]c(-c4ccccc4)cc23)CC1. The van der Waals surface area contributed by atoms with Crippen molar-refractivity contribution in [1.82, 2.24) is 9.97 Å². The number of aromatic nitrogens is 2. The van der Waals surface area contributed by atoms with Gasteiger partial charge in [0.25, 0.3) is 0 Å². The molecule has 4 rings (SSSR count). The van der Waals surface area contributed by atoms with Crippen LogP contribution in [-0.2, 0) is 4.79 Å². The number of hydrogen-bond acceptors (Lipinski definition) is 3. The third-order valence-corrected chi connectivity index (χ3v) is 5.76. The molecular formula is C22H26N4O. The van der Waals surface area contributed by atoms with Crippen LogP contribution >= 0.6 is 0 Å². The molecule has 5 nitrogen and oxygen atoms in total. The van der Waals surface area contributed by atoms with Gasteiger partial charge in [-0.25, -0.2) is 4.98 Å². The van der Waals surface area contributed by atoms with E-state index in [2.05, 4.69) is 40.4 Å². The molecule has 0 bridgehead atoms. The minimum Gasteiger partial charge on any atom is -0.339 e. The molecule has 1 saturated carbocycles. The van der Waals surface area contributed by atoms with E-state index in [9.17, 15) is 4.79 Å². The highest BCUT2D eigenvalue weighted by atomic mass is 16.1. The number of aromatic amines is 1. The van der Waals surface area contributed by atoms with Crippen molar-refractivity contribution < 1.29 is 4.79 Å². The highest BCUT2D eigenvalue weighted by Gasteiger charge is 2.28. The zero-order chi connectivity index (χ0) is 18.8. The number of nitrogens with two attached hydrogens (primary N) is 1. The maximum absolute atomic E-state index is 12.8. The summed E-state index contributed by atoms with van der Waals surface area (Å²) in [5.74, 6) is 0.712. The summed E-state index contributed by atoms with van der Waals surface area (Å²) in [5.41, 5.74) is 9.71. The molecule has 3 aromatic rings. The van der Waals surface area contributed by atoms with Crippen LogP contribution in [0.1, 0.15) is 32.6 Å². The molecule has 4 N–H and O–H groups in total. The van der Waals surface area contributed by atoms with Gasteiger partial charge >= 0.3 is 0 Å². The second-order valence-corrected chi connectivity index (χ2v) is 7.63. The Hall–Kier alpha value is -2.66. The van der Waals surface area contributed by atoms with E-state index in [-0.39, 0.29) is 17.9 Å². The predicted molar refractivity (Wildman–Crippen MR) is 109 cm³/mol. The van der Waals surface area contributed by atoms with E-state index in [0.717, 1.165) is 53.7 Å². The standard InChI is InChI=1S/C22H26N4O/c1-14(23)15-7-9-17(10-8-15)22(27)26-19-11-12-24-21-18(19)13-20(25-21)16-5-3-2-4-6-16/h2-6,11-15,17H,7-10,23H2,1H3,(H2,24,25,26,27)/t14-,15-,17-/m1/s1. The average Bonchev–Trinajstić information content (AvgIpc) is 3.14. The van der Waals surface area contributed by atoms with Crippen LogP contribution in [0.3, 0.4) is 0 Å². The van der Waals surface area contributed by atoms with Crippen molar-refractivity contribution in [2.45, 2.75) is 38.6 Å². The number of fused-ring (bicyclic) bond motifs is 1. The van der Waals surface area contributed by atoms with Gasteiger partial charge in [0, 0.05) is 29.2 Å². The first-order valence-electron chi connectivity index (χ1n) is 9.71. The first-order chi connectivity index (χ1) is 13.1. The maximum Gasteiger partial charge on any atom is 0.227 e. The van der Waals surface area contributed by atoms with Crippen molar-refractivity contribution in [2.75, 3.05) is 5.32 Å². The fourth-order valence-electron chi connectivity index (χ4n) is 4.05. The lowest BCUT2D eigenvalue weighted by molar-refractivity contribution is -0.121. The molecule has 1 aliphatic carbocycles. The second kappa shape index (κ2) is 7.53. The Labute approximate surface area is 159 Å². The summed E-state index contributed by atoms with van der Waals surface area (Å²) in [4.78, 5) is 20.6. The van der Waals surface area contributed by atoms with E-state index in [1.54, 1.807) is 6.20 Å². The third-order valence-electron chi connectivity index (χ3n) is 5.76.